The van der Waals surface area contributed by atoms with Crippen molar-refractivity contribution in [3.05, 3.63) is 94.2 Å². The highest BCUT2D eigenvalue weighted by Gasteiger charge is 2.31. The number of rotatable bonds is 8. The van der Waals surface area contributed by atoms with Crippen molar-refractivity contribution in [1.82, 2.24) is 30.1 Å². The van der Waals surface area contributed by atoms with Crippen LogP contribution in [0.15, 0.2) is 72.4 Å². The van der Waals surface area contributed by atoms with E-state index < -0.39 is 0 Å². The van der Waals surface area contributed by atoms with Crippen molar-refractivity contribution in [3.63, 3.8) is 0 Å². The lowest BCUT2D eigenvalue weighted by Crippen LogP contribution is -2.36. The van der Waals surface area contributed by atoms with Gasteiger partial charge in [0.1, 0.15) is 0 Å². The molecule has 0 amide bonds. The zero-order chi connectivity index (χ0) is 21.7. The van der Waals surface area contributed by atoms with Crippen molar-refractivity contribution in [3.8, 4) is 0 Å². The van der Waals surface area contributed by atoms with Gasteiger partial charge in [-0.25, -0.2) is 4.68 Å². The Kier molecular flexibility index (Phi) is 6.53. The number of tetrazole rings is 1. The van der Waals surface area contributed by atoms with Crippen LogP contribution in [0.25, 0.3) is 0 Å². The van der Waals surface area contributed by atoms with Crippen molar-refractivity contribution >= 4 is 11.3 Å². The Labute approximate surface area is 187 Å². The second-order valence-corrected chi connectivity index (χ2v) is 9.63. The Morgan fingerprint density at radius 3 is 2.55 bits per heavy atom. The van der Waals surface area contributed by atoms with Gasteiger partial charge in [-0.15, -0.1) is 16.4 Å². The van der Waals surface area contributed by atoms with E-state index in [9.17, 15) is 0 Å². The summed E-state index contributed by atoms with van der Waals surface area (Å²) in [4.78, 5) is 8.18. The van der Waals surface area contributed by atoms with Crippen molar-refractivity contribution in [2.45, 2.75) is 45.3 Å². The van der Waals surface area contributed by atoms with E-state index in [0.717, 1.165) is 30.9 Å². The smallest absolute Gasteiger partial charge is 0.173 e. The first-order valence-corrected chi connectivity index (χ1v) is 11.4. The molecule has 0 aliphatic rings. The molecule has 0 spiro atoms. The topological polar surface area (TPSA) is 59.7 Å². The monoisotopic (exact) mass is 432 g/mol. The van der Waals surface area contributed by atoms with Gasteiger partial charge in [-0.3, -0.25) is 9.88 Å². The Hall–Kier alpha value is -2.90. The standard InChI is InChI=1S/C24H28N6S/c1-24(2,3)30-23(26-27-28-30)22(20-11-7-14-25-17-20)29(18-21-12-8-16-31-21)15-13-19-9-5-4-6-10-19/h4-12,14,16-17,22H,13,15,18H2,1-3H3. The minimum atomic E-state index is -0.229. The van der Waals surface area contributed by atoms with Gasteiger partial charge >= 0.3 is 0 Å². The van der Waals surface area contributed by atoms with Crippen LogP contribution in [0.3, 0.4) is 0 Å². The van der Waals surface area contributed by atoms with E-state index in [1.807, 2.05) is 16.9 Å². The molecule has 0 N–H and O–H groups in total. The molecule has 4 rings (SSSR count). The lowest BCUT2D eigenvalue weighted by atomic mass is 10.0. The van der Waals surface area contributed by atoms with Crippen molar-refractivity contribution in [2.24, 2.45) is 0 Å². The third-order valence-electron chi connectivity index (χ3n) is 5.21. The molecule has 160 valence electrons. The number of thiophene rings is 1. The molecule has 3 heterocycles. The van der Waals surface area contributed by atoms with Gasteiger partial charge in [-0.1, -0.05) is 42.5 Å². The van der Waals surface area contributed by atoms with E-state index in [4.69, 9.17) is 0 Å². The van der Waals surface area contributed by atoms with Crippen LogP contribution in [-0.4, -0.2) is 36.6 Å². The minimum absolute atomic E-state index is 0.103. The summed E-state index contributed by atoms with van der Waals surface area (Å²) in [5.41, 5.74) is 2.18. The highest BCUT2D eigenvalue weighted by atomic mass is 32.1. The van der Waals surface area contributed by atoms with Crippen LogP contribution in [0.5, 0.6) is 0 Å². The molecule has 0 radical (unpaired) electrons. The molecule has 6 nitrogen and oxygen atoms in total. The molecule has 0 saturated heterocycles. The number of benzene rings is 1. The molecule has 1 unspecified atom stereocenters. The second-order valence-electron chi connectivity index (χ2n) is 8.59. The van der Waals surface area contributed by atoms with Crippen LogP contribution >= 0.6 is 11.3 Å². The number of hydrogen-bond donors (Lipinski definition) is 0. The fourth-order valence-corrected chi connectivity index (χ4v) is 4.45. The van der Waals surface area contributed by atoms with Crippen LogP contribution in [0.4, 0.5) is 0 Å². The molecule has 3 aromatic heterocycles. The molecule has 0 aliphatic heterocycles. The fraction of sp³-hybridized carbons (Fsp3) is 0.333. The zero-order valence-electron chi connectivity index (χ0n) is 18.2. The third-order valence-corrected chi connectivity index (χ3v) is 6.07. The van der Waals surface area contributed by atoms with Crippen LogP contribution < -0.4 is 0 Å². The summed E-state index contributed by atoms with van der Waals surface area (Å²) in [6.45, 7) is 8.07. The Morgan fingerprint density at radius 2 is 1.87 bits per heavy atom. The highest BCUT2D eigenvalue weighted by molar-refractivity contribution is 7.09. The second kappa shape index (κ2) is 9.49. The van der Waals surface area contributed by atoms with Crippen LogP contribution in [0.1, 0.15) is 48.6 Å². The lowest BCUT2D eigenvalue weighted by Gasteiger charge is -2.32. The van der Waals surface area contributed by atoms with Crippen LogP contribution in [0, 0.1) is 0 Å². The molecular formula is C24H28N6S. The summed E-state index contributed by atoms with van der Waals surface area (Å²) in [5, 5.41) is 15.0. The van der Waals surface area contributed by atoms with Gasteiger partial charge in [-0.05, 0) is 66.3 Å². The molecule has 0 bridgehead atoms. The zero-order valence-corrected chi connectivity index (χ0v) is 19.0. The van der Waals surface area contributed by atoms with E-state index in [1.165, 1.54) is 10.4 Å². The summed E-state index contributed by atoms with van der Waals surface area (Å²) < 4.78 is 1.94. The van der Waals surface area contributed by atoms with Crippen LogP contribution in [0.2, 0.25) is 0 Å². The molecule has 4 aromatic rings. The van der Waals surface area contributed by atoms with Crippen molar-refractivity contribution in [1.29, 1.82) is 0 Å². The van der Waals surface area contributed by atoms with E-state index in [-0.39, 0.29) is 11.6 Å². The number of nitrogens with zero attached hydrogens (tertiary/aromatic N) is 6. The lowest BCUT2D eigenvalue weighted by molar-refractivity contribution is 0.197. The largest absolute Gasteiger partial charge is 0.284 e. The van der Waals surface area contributed by atoms with Crippen LogP contribution in [-0.2, 0) is 18.5 Å². The van der Waals surface area contributed by atoms with E-state index in [2.05, 4.69) is 100 Å². The minimum Gasteiger partial charge on any atom is -0.284 e. The quantitative estimate of drug-likeness (QED) is 0.403. The average Bonchev–Trinajstić information content (AvgIpc) is 3.46. The molecule has 1 aromatic carbocycles. The number of hydrogen-bond acceptors (Lipinski definition) is 6. The van der Waals surface area contributed by atoms with E-state index >= 15 is 0 Å². The number of pyridine rings is 1. The first-order chi connectivity index (χ1) is 15.0. The summed E-state index contributed by atoms with van der Waals surface area (Å²) in [6.07, 6.45) is 4.68. The maximum atomic E-state index is 4.50. The number of aromatic nitrogens is 5. The molecule has 1 atom stereocenters. The van der Waals surface area contributed by atoms with Crippen molar-refractivity contribution in [2.75, 3.05) is 6.54 Å². The Morgan fingerprint density at radius 1 is 1.03 bits per heavy atom. The van der Waals surface area contributed by atoms with Gasteiger partial charge in [0.2, 0.25) is 0 Å². The Bertz CT molecular complexity index is 1050. The van der Waals surface area contributed by atoms with Gasteiger partial charge < -0.3 is 0 Å². The summed E-state index contributed by atoms with van der Waals surface area (Å²) >= 11 is 1.78. The average molecular weight is 433 g/mol. The predicted octanol–water partition coefficient (Wildman–Crippen LogP) is 4.72. The van der Waals surface area contributed by atoms with Gasteiger partial charge in [0.15, 0.2) is 5.82 Å². The molecule has 7 heteroatoms. The van der Waals surface area contributed by atoms with Gasteiger partial charge in [0.05, 0.1) is 11.6 Å². The molecular weight excluding hydrogens is 404 g/mol. The normalized spacial score (nSPS) is 12.9. The summed E-state index contributed by atoms with van der Waals surface area (Å²) in [7, 11) is 0. The third kappa shape index (κ3) is 5.24. The van der Waals surface area contributed by atoms with Gasteiger partial charge in [0.25, 0.3) is 0 Å². The molecule has 0 saturated carbocycles. The fourth-order valence-electron chi connectivity index (χ4n) is 3.72. The van der Waals surface area contributed by atoms with E-state index in [1.54, 1.807) is 17.5 Å². The predicted molar refractivity (Wildman–Crippen MR) is 124 cm³/mol. The molecule has 0 aliphatic carbocycles. The molecule has 0 fully saturated rings. The summed E-state index contributed by atoms with van der Waals surface area (Å²) in [6, 6.07) is 18.9. The van der Waals surface area contributed by atoms with Gasteiger partial charge in [-0.2, -0.15) is 0 Å². The SMILES string of the molecule is CC(C)(C)n1nnnc1C(c1cccnc1)N(CCc1ccccc1)Cc1cccs1. The first-order valence-electron chi connectivity index (χ1n) is 10.5. The first kappa shape index (κ1) is 21.3. The highest BCUT2D eigenvalue weighted by Crippen LogP contribution is 2.31. The molecule has 31 heavy (non-hydrogen) atoms. The maximum Gasteiger partial charge on any atom is 0.173 e. The van der Waals surface area contributed by atoms with E-state index in [0.29, 0.717) is 0 Å². The summed E-state index contributed by atoms with van der Waals surface area (Å²) in [5.74, 6) is 0.838. The van der Waals surface area contributed by atoms with Gasteiger partial charge in [0, 0.05) is 30.4 Å². The van der Waals surface area contributed by atoms with Crippen molar-refractivity contribution < 1.29 is 0 Å². The maximum absolute atomic E-state index is 4.50. The Balaban J connectivity index is 1.75.